The van der Waals surface area contributed by atoms with Crippen LogP contribution in [-0.4, -0.2) is 50.7 Å². The first-order valence-corrected chi connectivity index (χ1v) is 9.95. The van der Waals surface area contributed by atoms with Gasteiger partial charge < -0.3 is 14.8 Å². The van der Waals surface area contributed by atoms with Gasteiger partial charge in [-0.1, -0.05) is 0 Å². The third-order valence-corrected chi connectivity index (χ3v) is 5.59. The van der Waals surface area contributed by atoms with Crippen LogP contribution < -0.4 is 5.32 Å². The molecule has 0 radical (unpaired) electrons. The second-order valence-electron chi connectivity index (χ2n) is 7.53. The monoisotopic (exact) mass is 399 g/mol. The van der Waals surface area contributed by atoms with Crippen LogP contribution in [0.2, 0.25) is 0 Å². The van der Waals surface area contributed by atoms with E-state index in [-0.39, 0.29) is 24.0 Å². The fourth-order valence-corrected chi connectivity index (χ4v) is 4.11. The molecule has 1 saturated carbocycles. The highest BCUT2D eigenvalue weighted by atomic mass is 16.5. The standard InChI is InChI=1S/C20H25N5O4/c1-12(26)29-16-8-7-15-17(16)23-20(25-10-9-21-11-25)24-18(15)19(27)22-13-3-5-14(28-2)6-4-13/h9-11,13-14,16H,3-8H2,1-2H3,(H,22,27)/t13-,14-,16?. The summed E-state index contributed by atoms with van der Waals surface area (Å²) in [5.41, 5.74) is 1.71. The van der Waals surface area contributed by atoms with E-state index in [1.165, 1.54) is 6.92 Å². The van der Waals surface area contributed by atoms with Gasteiger partial charge in [-0.05, 0) is 38.5 Å². The van der Waals surface area contributed by atoms with E-state index in [2.05, 4.69) is 20.3 Å². The summed E-state index contributed by atoms with van der Waals surface area (Å²) in [7, 11) is 1.73. The van der Waals surface area contributed by atoms with E-state index < -0.39 is 6.10 Å². The number of amides is 1. The number of hydrogen-bond acceptors (Lipinski definition) is 7. The van der Waals surface area contributed by atoms with Crippen molar-refractivity contribution in [2.75, 3.05) is 7.11 Å². The Morgan fingerprint density at radius 2 is 1.97 bits per heavy atom. The number of hydrogen-bond donors (Lipinski definition) is 1. The van der Waals surface area contributed by atoms with Crippen molar-refractivity contribution in [2.24, 2.45) is 0 Å². The largest absolute Gasteiger partial charge is 0.456 e. The number of nitrogens with one attached hydrogen (secondary N) is 1. The molecule has 1 atom stereocenters. The molecule has 0 spiro atoms. The molecule has 0 aliphatic heterocycles. The van der Waals surface area contributed by atoms with Gasteiger partial charge in [-0.2, -0.15) is 0 Å². The highest BCUT2D eigenvalue weighted by Gasteiger charge is 2.33. The Hall–Kier alpha value is -2.81. The van der Waals surface area contributed by atoms with Crippen LogP contribution in [0, 0.1) is 0 Å². The van der Waals surface area contributed by atoms with Gasteiger partial charge in [0, 0.05) is 38.0 Å². The van der Waals surface area contributed by atoms with Crippen LogP contribution in [0.5, 0.6) is 0 Å². The molecule has 2 aromatic rings. The Morgan fingerprint density at radius 1 is 1.17 bits per heavy atom. The summed E-state index contributed by atoms with van der Waals surface area (Å²) in [4.78, 5) is 37.7. The molecule has 0 saturated heterocycles. The van der Waals surface area contributed by atoms with Gasteiger partial charge in [-0.3, -0.25) is 14.2 Å². The lowest BCUT2D eigenvalue weighted by Gasteiger charge is -2.28. The predicted molar refractivity (Wildman–Crippen MR) is 103 cm³/mol. The lowest BCUT2D eigenvalue weighted by Crippen LogP contribution is -2.39. The van der Waals surface area contributed by atoms with E-state index in [0.29, 0.717) is 30.2 Å². The average Bonchev–Trinajstić information content (AvgIpc) is 3.38. The van der Waals surface area contributed by atoms with Gasteiger partial charge in [0.25, 0.3) is 5.91 Å². The molecule has 9 heteroatoms. The van der Waals surface area contributed by atoms with Gasteiger partial charge in [0.15, 0.2) is 0 Å². The molecule has 2 aliphatic carbocycles. The van der Waals surface area contributed by atoms with Gasteiger partial charge in [-0.15, -0.1) is 0 Å². The molecule has 1 unspecified atom stereocenters. The molecule has 154 valence electrons. The average molecular weight is 399 g/mol. The van der Waals surface area contributed by atoms with E-state index in [9.17, 15) is 9.59 Å². The molecule has 0 bridgehead atoms. The minimum Gasteiger partial charge on any atom is -0.456 e. The third kappa shape index (κ3) is 4.14. The highest BCUT2D eigenvalue weighted by Crippen LogP contribution is 2.35. The normalized spacial score (nSPS) is 23.4. The topological polar surface area (TPSA) is 108 Å². The number of methoxy groups -OCH3 is 1. The zero-order valence-corrected chi connectivity index (χ0v) is 16.6. The van der Waals surface area contributed by atoms with Crippen LogP contribution in [0.4, 0.5) is 0 Å². The molecule has 1 fully saturated rings. The number of rotatable bonds is 5. The second kappa shape index (κ2) is 8.28. The first-order chi connectivity index (χ1) is 14.0. The maximum absolute atomic E-state index is 13.1. The number of aromatic nitrogens is 4. The van der Waals surface area contributed by atoms with E-state index in [1.807, 2.05) is 0 Å². The summed E-state index contributed by atoms with van der Waals surface area (Å²) in [6, 6.07) is 0.0990. The number of esters is 1. The van der Waals surface area contributed by atoms with Crippen LogP contribution in [0.1, 0.15) is 66.9 Å². The van der Waals surface area contributed by atoms with Gasteiger partial charge in [0.2, 0.25) is 5.95 Å². The number of fused-ring (bicyclic) bond motifs is 1. The zero-order chi connectivity index (χ0) is 20.4. The first-order valence-electron chi connectivity index (χ1n) is 9.95. The maximum atomic E-state index is 13.1. The number of carbonyl (C=O) groups excluding carboxylic acids is 2. The van der Waals surface area contributed by atoms with Gasteiger partial charge in [-0.25, -0.2) is 15.0 Å². The molecule has 2 aliphatic rings. The van der Waals surface area contributed by atoms with Crippen molar-refractivity contribution < 1.29 is 19.1 Å². The van der Waals surface area contributed by atoms with E-state index in [1.54, 1.807) is 30.4 Å². The van der Waals surface area contributed by atoms with Crippen LogP contribution in [0.15, 0.2) is 18.7 Å². The first kappa shape index (κ1) is 19.5. The summed E-state index contributed by atoms with van der Waals surface area (Å²) in [6.07, 6.45) is 9.51. The van der Waals surface area contributed by atoms with Crippen molar-refractivity contribution in [3.05, 3.63) is 35.7 Å². The van der Waals surface area contributed by atoms with Crippen LogP contribution in [-0.2, 0) is 20.7 Å². The van der Waals surface area contributed by atoms with Crippen molar-refractivity contribution in [1.29, 1.82) is 0 Å². The van der Waals surface area contributed by atoms with Crippen molar-refractivity contribution in [3.8, 4) is 5.95 Å². The molecular weight excluding hydrogens is 374 g/mol. The summed E-state index contributed by atoms with van der Waals surface area (Å²) in [5.74, 6) is -0.241. The van der Waals surface area contributed by atoms with Crippen LogP contribution in [0.25, 0.3) is 5.95 Å². The lowest BCUT2D eigenvalue weighted by molar-refractivity contribution is -0.146. The van der Waals surface area contributed by atoms with E-state index in [4.69, 9.17) is 9.47 Å². The Labute approximate surface area is 168 Å². The fraction of sp³-hybridized carbons (Fsp3) is 0.550. The summed E-state index contributed by atoms with van der Waals surface area (Å²) >= 11 is 0. The van der Waals surface area contributed by atoms with Crippen LogP contribution >= 0.6 is 0 Å². The molecule has 2 heterocycles. The van der Waals surface area contributed by atoms with Gasteiger partial charge in [0.05, 0.1) is 11.8 Å². The number of imidazole rings is 1. The van der Waals surface area contributed by atoms with E-state index in [0.717, 1.165) is 31.2 Å². The highest BCUT2D eigenvalue weighted by molar-refractivity contribution is 5.94. The SMILES string of the molecule is CO[C@H]1CC[C@H](NC(=O)c2nc(-n3ccnc3)nc3c2CCC3OC(C)=O)CC1. The Morgan fingerprint density at radius 3 is 2.62 bits per heavy atom. The third-order valence-electron chi connectivity index (χ3n) is 5.59. The zero-order valence-electron chi connectivity index (χ0n) is 16.6. The maximum Gasteiger partial charge on any atom is 0.303 e. The second-order valence-corrected chi connectivity index (χ2v) is 7.53. The van der Waals surface area contributed by atoms with Crippen molar-refractivity contribution in [3.63, 3.8) is 0 Å². The summed E-state index contributed by atoms with van der Waals surface area (Å²) in [6.45, 7) is 1.37. The Bertz CT molecular complexity index is 891. The Kier molecular flexibility index (Phi) is 5.57. The van der Waals surface area contributed by atoms with Crippen molar-refractivity contribution in [1.82, 2.24) is 24.8 Å². The molecule has 1 amide bonds. The molecule has 29 heavy (non-hydrogen) atoms. The van der Waals surface area contributed by atoms with Crippen LogP contribution in [0.3, 0.4) is 0 Å². The molecule has 0 aromatic carbocycles. The van der Waals surface area contributed by atoms with Crippen molar-refractivity contribution in [2.45, 2.75) is 63.7 Å². The lowest BCUT2D eigenvalue weighted by atomic mass is 9.93. The summed E-state index contributed by atoms with van der Waals surface area (Å²) < 4.78 is 12.5. The number of carbonyl (C=O) groups is 2. The number of nitrogens with zero attached hydrogens (tertiary/aromatic N) is 4. The van der Waals surface area contributed by atoms with E-state index >= 15 is 0 Å². The molecule has 4 rings (SSSR count). The molecular formula is C20H25N5O4. The molecule has 2 aromatic heterocycles. The Balaban J connectivity index is 1.62. The van der Waals surface area contributed by atoms with Gasteiger partial charge in [0.1, 0.15) is 18.1 Å². The smallest absolute Gasteiger partial charge is 0.303 e. The molecule has 1 N–H and O–H groups in total. The minimum atomic E-state index is -0.462. The van der Waals surface area contributed by atoms with Crippen molar-refractivity contribution >= 4 is 11.9 Å². The fourth-order valence-electron chi connectivity index (χ4n) is 4.11. The van der Waals surface area contributed by atoms with Gasteiger partial charge >= 0.3 is 5.97 Å². The predicted octanol–water partition coefficient (Wildman–Crippen LogP) is 1.90. The minimum absolute atomic E-state index is 0.0990. The number of ether oxygens (including phenoxy) is 2. The molecule has 9 nitrogen and oxygen atoms in total. The summed E-state index contributed by atoms with van der Waals surface area (Å²) in [5, 5.41) is 3.12. The quantitative estimate of drug-likeness (QED) is 0.765.